The molecule has 1 aromatic heterocycles. The van der Waals surface area contributed by atoms with Gasteiger partial charge in [-0.1, -0.05) is 62.7 Å². The molecular formula is C23H26N6O. The predicted molar refractivity (Wildman–Crippen MR) is 116 cm³/mol. The standard InChI is InChI=1S/C23H26N6O/c1-16-7-6-8-17(2)21(16)24-26-23(30)20-13-11-18(12-14-20)15-29-27-22(25-28-29)19-9-4-3-5-10-19/h3-5,9-14,16-17H,6-8,15H2,1-2H3,(H,26,30)/t16-,17+. The fraction of sp³-hybridized carbons (Fsp3) is 0.348. The van der Waals surface area contributed by atoms with Crippen molar-refractivity contribution in [2.24, 2.45) is 16.9 Å². The van der Waals surface area contributed by atoms with Crippen LogP contribution in [-0.2, 0) is 6.54 Å². The number of benzene rings is 2. The summed E-state index contributed by atoms with van der Waals surface area (Å²) < 4.78 is 0. The first-order valence-corrected chi connectivity index (χ1v) is 10.4. The zero-order chi connectivity index (χ0) is 20.9. The number of nitrogens with one attached hydrogen (secondary N) is 1. The molecule has 3 aromatic rings. The highest BCUT2D eigenvalue weighted by molar-refractivity contribution is 5.96. The number of hydrogen-bond acceptors (Lipinski definition) is 5. The van der Waals surface area contributed by atoms with E-state index >= 15 is 0 Å². The van der Waals surface area contributed by atoms with Gasteiger partial charge in [-0.15, -0.1) is 10.2 Å². The Morgan fingerprint density at radius 3 is 2.47 bits per heavy atom. The SMILES string of the molecule is C[C@@H]1CCC[C@H](C)C1=NNC(=O)c1ccc(Cn2nnc(-c3ccccc3)n2)cc1. The Kier molecular flexibility index (Phi) is 5.97. The number of nitrogens with zero attached hydrogens (tertiary/aromatic N) is 5. The highest BCUT2D eigenvalue weighted by Gasteiger charge is 2.23. The summed E-state index contributed by atoms with van der Waals surface area (Å²) in [6.45, 7) is 4.84. The minimum absolute atomic E-state index is 0.190. The van der Waals surface area contributed by atoms with E-state index in [0.29, 0.717) is 29.8 Å². The first kappa shape index (κ1) is 19.9. The van der Waals surface area contributed by atoms with Gasteiger partial charge in [-0.05, 0) is 47.6 Å². The summed E-state index contributed by atoms with van der Waals surface area (Å²) in [5.41, 5.74) is 6.32. The lowest BCUT2D eigenvalue weighted by Crippen LogP contribution is -2.29. The summed E-state index contributed by atoms with van der Waals surface area (Å²) in [6.07, 6.45) is 3.50. The predicted octanol–water partition coefficient (Wildman–Crippen LogP) is 3.93. The fourth-order valence-electron chi connectivity index (χ4n) is 3.85. The van der Waals surface area contributed by atoms with Crippen LogP contribution in [0, 0.1) is 11.8 Å². The van der Waals surface area contributed by atoms with Crippen LogP contribution >= 0.6 is 0 Å². The summed E-state index contributed by atoms with van der Waals surface area (Å²) in [6, 6.07) is 17.1. The third kappa shape index (κ3) is 4.62. The van der Waals surface area contributed by atoms with Gasteiger partial charge in [-0.2, -0.15) is 9.90 Å². The molecule has 1 N–H and O–H groups in total. The van der Waals surface area contributed by atoms with Gasteiger partial charge < -0.3 is 0 Å². The minimum Gasteiger partial charge on any atom is -0.267 e. The van der Waals surface area contributed by atoms with Gasteiger partial charge in [0.25, 0.3) is 5.91 Å². The normalized spacial score (nSPS) is 20.3. The Morgan fingerprint density at radius 1 is 1.07 bits per heavy atom. The van der Waals surface area contributed by atoms with Gasteiger partial charge in [-0.3, -0.25) is 4.79 Å². The Hall–Kier alpha value is -3.35. The van der Waals surface area contributed by atoms with Crippen molar-refractivity contribution in [2.45, 2.75) is 39.7 Å². The van der Waals surface area contributed by atoms with Crippen LogP contribution in [-0.4, -0.2) is 31.8 Å². The van der Waals surface area contributed by atoms with Gasteiger partial charge in [-0.25, -0.2) is 5.43 Å². The van der Waals surface area contributed by atoms with Crippen LogP contribution in [0.4, 0.5) is 0 Å². The minimum atomic E-state index is -0.190. The molecule has 154 valence electrons. The van der Waals surface area contributed by atoms with Crippen LogP contribution in [0.15, 0.2) is 59.7 Å². The molecule has 7 nitrogen and oxygen atoms in total. The maximum Gasteiger partial charge on any atom is 0.271 e. The van der Waals surface area contributed by atoms with Crippen LogP contribution in [0.3, 0.4) is 0 Å². The first-order chi connectivity index (χ1) is 14.6. The molecule has 0 unspecified atom stereocenters. The lowest BCUT2D eigenvalue weighted by atomic mass is 9.81. The van der Waals surface area contributed by atoms with Crippen LogP contribution in [0.25, 0.3) is 11.4 Å². The summed E-state index contributed by atoms with van der Waals surface area (Å²) in [7, 11) is 0. The Balaban J connectivity index is 1.38. The topological polar surface area (TPSA) is 85.1 Å². The van der Waals surface area contributed by atoms with Gasteiger partial charge in [0.15, 0.2) is 0 Å². The third-order valence-electron chi connectivity index (χ3n) is 5.60. The van der Waals surface area contributed by atoms with Crippen molar-refractivity contribution in [3.63, 3.8) is 0 Å². The van der Waals surface area contributed by atoms with Gasteiger partial charge in [0.05, 0.1) is 6.54 Å². The molecule has 2 atom stereocenters. The largest absolute Gasteiger partial charge is 0.271 e. The monoisotopic (exact) mass is 402 g/mol. The molecule has 0 spiro atoms. The molecule has 1 heterocycles. The summed E-state index contributed by atoms with van der Waals surface area (Å²) in [4.78, 5) is 14.0. The molecule has 0 saturated heterocycles. The zero-order valence-corrected chi connectivity index (χ0v) is 17.3. The highest BCUT2D eigenvalue weighted by atomic mass is 16.2. The molecule has 1 saturated carbocycles. The van der Waals surface area contributed by atoms with Crippen molar-refractivity contribution in [1.29, 1.82) is 0 Å². The molecule has 0 bridgehead atoms. The van der Waals surface area contributed by atoms with Gasteiger partial charge in [0.2, 0.25) is 5.82 Å². The smallest absolute Gasteiger partial charge is 0.267 e. The first-order valence-electron chi connectivity index (χ1n) is 10.4. The number of tetrazole rings is 1. The second-order valence-corrected chi connectivity index (χ2v) is 7.92. The number of carbonyl (C=O) groups is 1. The van der Waals surface area contributed by atoms with Crippen molar-refractivity contribution in [1.82, 2.24) is 25.6 Å². The third-order valence-corrected chi connectivity index (χ3v) is 5.60. The Morgan fingerprint density at radius 2 is 1.77 bits per heavy atom. The van der Waals surface area contributed by atoms with Crippen LogP contribution in [0.2, 0.25) is 0 Å². The average molecular weight is 403 g/mol. The zero-order valence-electron chi connectivity index (χ0n) is 17.3. The van der Waals surface area contributed by atoms with Crippen molar-refractivity contribution in [2.75, 3.05) is 0 Å². The molecule has 30 heavy (non-hydrogen) atoms. The lowest BCUT2D eigenvalue weighted by molar-refractivity contribution is 0.0954. The second kappa shape index (κ2) is 8.98. The molecule has 2 aromatic carbocycles. The number of rotatable bonds is 5. The van der Waals surface area contributed by atoms with E-state index in [-0.39, 0.29) is 5.91 Å². The van der Waals surface area contributed by atoms with Crippen LogP contribution in [0.1, 0.15) is 49.0 Å². The average Bonchev–Trinajstić information content (AvgIpc) is 3.23. The molecule has 1 fully saturated rings. The van der Waals surface area contributed by atoms with Crippen LogP contribution < -0.4 is 5.43 Å². The van der Waals surface area contributed by atoms with E-state index in [1.54, 1.807) is 16.9 Å². The number of amides is 1. The molecular weight excluding hydrogens is 376 g/mol. The number of hydrogen-bond donors (Lipinski definition) is 1. The van der Waals surface area contributed by atoms with Crippen molar-refractivity contribution in [3.05, 3.63) is 65.7 Å². The summed E-state index contributed by atoms with van der Waals surface area (Å²) in [5, 5.41) is 17.1. The number of carbonyl (C=O) groups excluding carboxylic acids is 1. The molecule has 0 radical (unpaired) electrons. The van der Waals surface area contributed by atoms with E-state index in [9.17, 15) is 4.79 Å². The van der Waals surface area contributed by atoms with E-state index in [0.717, 1.165) is 29.7 Å². The molecule has 1 aliphatic rings. The van der Waals surface area contributed by atoms with Crippen molar-refractivity contribution in [3.8, 4) is 11.4 Å². The molecule has 4 rings (SSSR count). The van der Waals surface area contributed by atoms with Gasteiger partial charge in [0.1, 0.15) is 0 Å². The van der Waals surface area contributed by atoms with E-state index in [4.69, 9.17) is 0 Å². The van der Waals surface area contributed by atoms with Gasteiger partial charge >= 0.3 is 0 Å². The van der Waals surface area contributed by atoms with Crippen LogP contribution in [0.5, 0.6) is 0 Å². The molecule has 1 aliphatic carbocycles. The van der Waals surface area contributed by atoms with Gasteiger partial charge in [0, 0.05) is 16.8 Å². The number of hydrazone groups is 1. The van der Waals surface area contributed by atoms with E-state index in [1.807, 2.05) is 42.5 Å². The van der Waals surface area contributed by atoms with E-state index in [1.165, 1.54) is 6.42 Å². The fourth-order valence-corrected chi connectivity index (χ4v) is 3.85. The Bertz CT molecular complexity index is 1010. The summed E-state index contributed by atoms with van der Waals surface area (Å²) in [5.74, 6) is 1.25. The highest BCUT2D eigenvalue weighted by Crippen LogP contribution is 2.25. The summed E-state index contributed by atoms with van der Waals surface area (Å²) >= 11 is 0. The maximum absolute atomic E-state index is 12.5. The molecule has 0 aliphatic heterocycles. The Labute approximate surface area is 176 Å². The van der Waals surface area contributed by atoms with E-state index in [2.05, 4.69) is 39.8 Å². The lowest BCUT2D eigenvalue weighted by Gasteiger charge is -2.26. The van der Waals surface area contributed by atoms with E-state index < -0.39 is 0 Å². The second-order valence-electron chi connectivity index (χ2n) is 7.92. The molecule has 7 heteroatoms. The van der Waals surface area contributed by atoms with Crippen molar-refractivity contribution < 1.29 is 4.79 Å². The quantitative estimate of drug-likeness (QED) is 0.655. The number of aromatic nitrogens is 4. The maximum atomic E-state index is 12.5. The molecule has 1 amide bonds. The van der Waals surface area contributed by atoms with Crippen molar-refractivity contribution >= 4 is 11.6 Å².